The Morgan fingerprint density at radius 1 is 1.40 bits per heavy atom. The molecule has 0 saturated heterocycles. The molecule has 0 saturated carbocycles. The molecule has 0 atom stereocenters. The van der Waals surface area contributed by atoms with E-state index in [2.05, 4.69) is 10.5 Å². The quantitative estimate of drug-likeness (QED) is 0.894. The van der Waals surface area contributed by atoms with Gasteiger partial charge in [-0.1, -0.05) is 11.2 Å². The molecule has 0 spiro atoms. The fraction of sp³-hybridized carbons (Fsp3) is 0.467. The van der Waals surface area contributed by atoms with Gasteiger partial charge in [0.05, 0.1) is 18.6 Å². The number of rotatable bonds is 4. The Kier molecular flexibility index (Phi) is 3.81. The molecule has 0 unspecified atom stereocenters. The highest BCUT2D eigenvalue weighted by atomic mass is 16.5. The van der Waals surface area contributed by atoms with Gasteiger partial charge in [-0.2, -0.15) is 0 Å². The maximum Gasteiger partial charge on any atom is 0.226 e. The maximum atomic E-state index is 12.0. The molecule has 108 valence electrons. The SMILES string of the molecule is Cc1cc(C)c2c(CC(=O)NC(C)(C)CO)noc2c1. The van der Waals surface area contributed by atoms with Crippen LogP contribution in [0.2, 0.25) is 0 Å². The number of nitrogens with one attached hydrogen (secondary N) is 1. The molecule has 1 amide bonds. The van der Waals surface area contributed by atoms with Gasteiger partial charge in [0.1, 0.15) is 5.69 Å². The van der Waals surface area contributed by atoms with Crippen LogP contribution in [-0.2, 0) is 11.2 Å². The first-order valence-corrected chi connectivity index (χ1v) is 6.60. The van der Waals surface area contributed by atoms with Gasteiger partial charge < -0.3 is 14.9 Å². The van der Waals surface area contributed by atoms with Gasteiger partial charge in [-0.05, 0) is 44.9 Å². The molecular weight excluding hydrogens is 256 g/mol. The summed E-state index contributed by atoms with van der Waals surface area (Å²) in [5.41, 5.74) is 2.84. The Hall–Kier alpha value is -1.88. The number of hydrogen-bond donors (Lipinski definition) is 2. The zero-order valence-corrected chi connectivity index (χ0v) is 12.3. The minimum absolute atomic E-state index is 0.115. The van der Waals surface area contributed by atoms with Crippen molar-refractivity contribution in [2.75, 3.05) is 6.61 Å². The lowest BCUT2D eigenvalue weighted by atomic mass is 10.0. The molecule has 5 nitrogen and oxygen atoms in total. The van der Waals surface area contributed by atoms with E-state index in [4.69, 9.17) is 9.63 Å². The molecule has 0 aliphatic rings. The first kappa shape index (κ1) is 14.5. The van der Waals surface area contributed by atoms with Gasteiger partial charge in [0.15, 0.2) is 5.58 Å². The van der Waals surface area contributed by atoms with Crippen molar-refractivity contribution in [2.45, 2.75) is 39.7 Å². The van der Waals surface area contributed by atoms with Crippen LogP contribution in [0.4, 0.5) is 0 Å². The normalized spacial score (nSPS) is 11.8. The summed E-state index contributed by atoms with van der Waals surface area (Å²) >= 11 is 0. The number of nitrogens with zero attached hydrogens (tertiary/aromatic N) is 1. The van der Waals surface area contributed by atoms with E-state index in [1.807, 2.05) is 26.0 Å². The lowest BCUT2D eigenvalue weighted by Gasteiger charge is -2.23. The van der Waals surface area contributed by atoms with Crippen LogP contribution >= 0.6 is 0 Å². The lowest BCUT2D eigenvalue weighted by molar-refractivity contribution is -0.122. The molecule has 0 fully saturated rings. The van der Waals surface area contributed by atoms with Crippen molar-refractivity contribution < 1.29 is 14.4 Å². The van der Waals surface area contributed by atoms with Crippen molar-refractivity contribution in [3.05, 3.63) is 29.0 Å². The number of aryl methyl sites for hydroxylation is 2. The summed E-state index contributed by atoms with van der Waals surface area (Å²) in [4.78, 5) is 12.0. The highest BCUT2D eigenvalue weighted by Crippen LogP contribution is 2.24. The Balaban J connectivity index is 2.25. The van der Waals surface area contributed by atoms with Gasteiger partial charge in [0.25, 0.3) is 0 Å². The first-order chi connectivity index (χ1) is 9.32. The van der Waals surface area contributed by atoms with E-state index >= 15 is 0 Å². The molecule has 20 heavy (non-hydrogen) atoms. The second-order valence-electron chi connectivity index (χ2n) is 5.85. The maximum absolute atomic E-state index is 12.0. The van der Waals surface area contributed by atoms with Gasteiger partial charge in [-0.15, -0.1) is 0 Å². The summed E-state index contributed by atoms with van der Waals surface area (Å²) in [5, 5.41) is 16.8. The zero-order valence-electron chi connectivity index (χ0n) is 12.3. The summed E-state index contributed by atoms with van der Waals surface area (Å²) in [6.45, 7) is 7.38. The number of aliphatic hydroxyl groups is 1. The highest BCUT2D eigenvalue weighted by molar-refractivity contribution is 5.88. The van der Waals surface area contributed by atoms with E-state index in [1.54, 1.807) is 13.8 Å². The fourth-order valence-electron chi connectivity index (χ4n) is 2.25. The fourth-order valence-corrected chi connectivity index (χ4v) is 2.25. The van der Waals surface area contributed by atoms with Crippen LogP contribution in [-0.4, -0.2) is 28.3 Å². The van der Waals surface area contributed by atoms with Gasteiger partial charge in [0, 0.05) is 5.39 Å². The van der Waals surface area contributed by atoms with Crippen LogP contribution in [0.15, 0.2) is 16.7 Å². The van der Waals surface area contributed by atoms with Crippen LogP contribution in [0, 0.1) is 13.8 Å². The molecule has 0 aliphatic carbocycles. The number of carbonyl (C=O) groups excluding carboxylic acids is 1. The second-order valence-corrected chi connectivity index (χ2v) is 5.85. The van der Waals surface area contributed by atoms with Gasteiger partial charge in [0.2, 0.25) is 5.91 Å². The predicted octanol–water partition coefficient (Wildman–Crippen LogP) is 1.87. The van der Waals surface area contributed by atoms with Gasteiger partial charge >= 0.3 is 0 Å². The van der Waals surface area contributed by atoms with E-state index < -0.39 is 5.54 Å². The topological polar surface area (TPSA) is 75.4 Å². The van der Waals surface area contributed by atoms with Crippen LogP contribution < -0.4 is 5.32 Å². The smallest absolute Gasteiger partial charge is 0.226 e. The number of hydrogen-bond acceptors (Lipinski definition) is 4. The minimum Gasteiger partial charge on any atom is -0.394 e. The number of benzene rings is 1. The van der Waals surface area contributed by atoms with Crippen molar-refractivity contribution >= 4 is 16.9 Å². The summed E-state index contributed by atoms with van der Waals surface area (Å²) in [6.07, 6.45) is 0.139. The van der Waals surface area contributed by atoms with Crippen molar-refractivity contribution in [2.24, 2.45) is 0 Å². The largest absolute Gasteiger partial charge is 0.394 e. The van der Waals surface area contributed by atoms with E-state index in [-0.39, 0.29) is 18.9 Å². The molecule has 0 bridgehead atoms. The monoisotopic (exact) mass is 276 g/mol. The molecular formula is C15H20N2O3. The third-order valence-corrected chi connectivity index (χ3v) is 3.19. The number of carbonyl (C=O) groups is 1. The average molecular weight is 276 g/mol. The molecule has 1 aromatic carbocycles. The van der Waals surface area contributed by atoms with Crippen molar-refractivity contribution in [3.8, 4) is 0 Å². The van der Waals surface area contributed by atoms with E-state index in [9.17, 15) is 4.79 Å². The van der Waals surface area contributed by atoms with Crippen molar-refractivity contribution in [3.63, 3.8) is 0 Å². The number of fused-ring (bicyclic) bond motifs is 1. The predicted molar refractivity (Wildman–Crippen MR) is 76.5 cm³/mol. The Bertz CT molecular complexity index is 644. The standard InChI is InChI=1S/C15H20N2O3/c1-9-5-10(2)14-11(17-20-12(14)6-9)7-13(19)16-15(3,4)8-18/h5-6,18H,7-8H2,1-4H3,(H,16,19). The summed E-state index contributed by atoms with van der Waals surface area (Å²) in [7, 11) is 0. The molecule has 1 heterocycles. The average Bonchev–Trinajstić information content (AvgIpc) is 2.71. The molecule has 1 aromatic heterocycles. The first-order valence-electron chi connectivity index (χ1n) is 6.60. The Labute approximate surface area is 118 Å². The number of amides is 1. The van der Waals surface area contributed by atoms with Crippen LogP contribution in [0.5, 0.6) is 0 Å². The van der Waals surface area contributed by atoms with Crippen molar-refractivity contribution in [1.82, 2.24) is 10.5 Å². The van der Waals surface area contributed by atoms with E-state index in [1.165, 1.54) is 0 Å². The Morgan fingerprint density at radius 3 is 2.75 bits per heavy atom. The highest BCUT2D eigenvalue weighted by Gasteiger charge is 2.21. The molecule has 2 aromatic rings. The molecule has 5 heteroatoms. The van der Waals surface area contributed by atoms with E-state index in [0.29, 0.717) is 11.3 Å². The lowest BCUT2D eigenvalue weighted by Crippen LogP contribution is -2.46. The summed E-state index contributed by atoms with van der Waals surface area (Å²) in [5.74, 6) is -0.181. The van der Waals surface area contributed by atoms with Crippen LogP contribution in [0.1, 0.15) is 30.7 Å². The molecule has 2 rings (SSSR count). The Morgan fingerprint density at radius 2 is 2.10 bits per heavy atom. The number of aliphatic hydroxyl groups excluding tert-OH is 1. The molecule has 0 aliphatic heterocycles. The van der Waals surface area contributed by atoms with Crippen molar-refractivity contribution in [1.29, 1.82) is 0 Å². The summed E-state index contributed by atoms with van der Waals surface area (Å²) < 4.78 is 5.29. The van der Waals surface area contributed by atoms with Crippen LogP contribution in [0.25, 0.3) is 11.0 Å². The minimum atomic E-state index is -0.637. The summed E-state index contributed by atoms with van der Waals surface area (Å²) in [6, 6.07) is 3.95. The van der Waals surface area contributed by atoms with Crippen LogP contribution in [0.3, 0.4) is 0 Å². The third kappa shape index (κ3) is 2.99. The van der Waals surface area contributed by atoms with Gasteiger partial charge in [-0.25, -0.2) is 0 Å². The van der Waals surface area contributed by atoms with E-state index in [0.717, 1.165) is 16.5 Å². The van der Waals surface area contributed by atoms with Gasteiger partial charge in [-0.3, -0.25) is 4.79 Å². The third-order valence-electron chi connectivity index (χ3n) is 3.19. The molecule has 2 N–H and O–H groups in total. The molecule has 0 radical (unpaired) electrons. The number of aromatic nitrogens is 1. The second kappa shape index (κ2) is 5.25. The zero-order chi connectivity index (χ0) is 14.9.